The summed E-state index contributed by atoms with van der Waals surface area (Å²) in [5.74, 6) is 1.57. The first kappa shape index (κ1) is 19.1. The predicted molar refractivity (Wildman–Crippen MR) is 105 cm³/mol. The molecule has 0 radical (unpaired) electrons. The molecule has 1 aromatic carbocycles. The maximum absolute atomic E-state index is 11.9. The molecule has 24 heavy (non-hydrogen) atoms. The van der Waals surface area contributed by atoms with Crippen LogP contribution in [0.1, 0.15) is 38.7 Å². The molecule has 0 spiro atoms. The second-order valence-corrected chi connectivity index (χ2v) is 8.08. The fourth-order valence-corrected chi connectivity index (χ4v) is 3.84. The summed E-state index contributed by atoms with van der Waals surface area (Å²) < 4.78 is 0. The van der Waals surface area contributed by atoms with Crippen LogP contribution in [-0.4, -0.2) is 22.8 Å². The molecule has 3 N–H and O–H groups in total. The molecule has 2 rings (SSSR count). The first-order chi connectivity index (χ1) is 11.5. The maximum atomic E-state index is 11.9. The van der Waals surface area contributed by atoms with Gasteiger partial charge >= 0.3 is 0 Å². The van der Waals surface area contributed by atoms with E-state index >= 15 is 0 Å². The SMILES string of the molecule is Cc1ccc(SCC(=O)NNC(=S)N[C@@H]2CCC[C@@H](C)[C@@H]2C)cc1. The van der Waals surface area contributed by atoms with Crippen molar-refractivity contribution >= 4 is 35.0 Å². The zero-order valence-electron chi connectivity index (χ0n) is 14.6. The largest absolute Gasteiger partial charge is 0.358 e. The number of hydrazine groups is 1. The van der Waals surface area contributed by atoms with Gasteiger partial charge in [0.1, 0.15) is 0 Å². The molecule has 0 heterocycles. The van der Waals surface area contributed by atoms with E-state index in [4.69, 9.17) is 12.2 Å². The van der Waals surface area contributed by atoms with Crippen LogP contribution in [0, 0.1) is 18.8 Å². The number of hydrogen-bond acceptors (Lipinski definition) is 3. The van der Waals surface area contributed by atoms with Gasteiger partial charge in [-0.2, -0.15) is 0 Å². The molecular weight excluding hydrogens is 338 g/mol. The van der Waals surface area contributed by atoms with Crippen molar-refractivity contribution in [1.29, 1.82) is 0 Å². The second-order valence-electron chi connectivity index (χ2n) is 6.62. The minimum absolute atomic E-state index is 0.0882. The van der Waals surface area contributed by atoms with Gasteiger partial charge in [-0.25, -0.2) is 0 Å². The van der Waals surface area contributed by atoms with Crippen LogP contribution in [0.2, 0.25) is 0 Å². The molecule has 6 heteroatoms. The normalized spacial score (nSPS) is 23.4. The molecule has 0 aliphatic heterocycles. The molecule has 1 aliphatic carbocycles. The van der Waals surface area contributed by atoms with E-state index < -0.39 is 0 Å². The Kier molecular flexibility index (Phi) is 7.37. The van der Waals surface area contributed by atoms with Gasteiger partial charge in [0.05, 0.1) is 5.75 Å². The quantitative estimate of drug-likeness (QED) is 0.434. The van der Waals surface area contributed by atoms with Gasteiger partial charge in [-0.1, -0.05) is 44.4 Å². The number of nitrogens with one attached hydrogen (secondary N) is 3. The third-order valence-corrected chi connectivity index (χ3v) is 5.96. The smallest absolute Gasteiger partial charge is 0.248 e. The van der Waals surface area contributed by atoms with E-state index in [9.17, 15) is 4.79 Å². The van der Waals surface area contributed by atoms with Crippen LogP contribution < -0.4 is 16.2 Å². The number of carbonyl (C=O) groups excluding carboxylic acids is 1. The third-order valence-electron chi connectivity index (χ3n) is 4.73. The molecule has 0 bridgehead atoms. The summed E-state index contributed by atoms with van der Waals surface area (Å²) in [5, 5.41) is 3.83. The Morgan fingerprint density at radius 3 is 2.62 bits per heavy atom. The van der Waals surface area contributed by atoms with Crippen molar-refractivity contribution in [3.63, 3.8) is 0 Å². The lowest BCUT2D eigenvalue weighted by atomic mass is 9.78. The Bertz CT molecular complexity index is 562. The summed E-state index contributed by atoms with van der Waals surface area (Å²) in [7, 11) is 0. The number of thioether (sulfide) groups is 1. The van der Waals surface area contributed by atoms with Gasteiger partial charge in [0.2, 0.25) is 5.91 Å². The van der Waals surface area contributed by atoms with Crippen LogP contribution in [0.25, 0.3) is 0 Å². The third kappa shape index (κ3) is 5.98. The van der Waals surface area contributed by atoms with Gasteiger partial charge in [-0.3, -0.25) is 15.6 Å². The van der Waals surface area contributed by atoms with Crippen molar-refractivity contribution < 1.29 is 4.79 Å². The number of hydrogen-bond donors (Lipinski definition) is 3. The van der Waals surface area contributed by atoms with E-state index in [2.05, 4.69) is 30.0 Å². The van der Waals surface area contributed by atoms with Gasteiger partial charge in [0, 0.05) is 10.9 Å². The Labute approximate surface area is 154 Å². The molecule has 0 saturated heterocycles. The summed E-state index contributed by atoms with van der Waals surface area (Å²) in [6.45, 7) is 6.60. The van der Waals surface area contributed by atoms with Crippen molar-refractivity contribution in [2.75, 3.05) is 5.75 Å². The lowest BCUT2D eigenvalue weighted by molar-refractivity contribution is -0.119. The van der Waals surface area contributed by atoms with Crippen LogP contribution >= 0.6 is 24.0 Å². The van der Waals surface area contributed by atoms with E-state index in [0.717, 1.165) is 11.3 Å². The minimum Gasteiger partial charge on any atom is -0.358 e. The van der Waals surface area contributed by atoms with Crippen LogP contribution in [0.3, 0.4) is 0 Å². The molecule has 3 atom stereocenters. The molecule has 1 amide bonds. The summed E-state index contributed by atoms with van der Waals surface area (Å²) in [6, 6.07) is 8.53. The van der Waals surface area contributed by atoms with E-state index in [1.807, 2.05) is 31.2 Å². The number of thiocarbonyl (C=S) groups is 1. The summed E-state index contributed by atoms with van der Waals surface area (Å²) >= 11 is 6.80. The number of benzene rings is 1. The average Bonchev–Trinajstić information content (AvgIpc) is 2.56. The molecule has 0 unspecified atom stereocenters. The van der Waals surface area contributed by atoms with Crippen molar-refractivity contribution in [3.8, 4) is 0 Å². The Morgan fingerprint density at radius 2 is 1.92 bits per heavy atom. The molecule has 1 aromatic rings. The zero-order chi connectivity index (χ0) is 17.5. The van der Waals surface area contributed by atoms with Gasteiger partial charge in [0.15, 0.2) is 5.11 Å². The highest BCUT2D eigenvalue weighted by Crippen LogP contribution is 2.29. The second kappa shape index (κ2) is 9.28. The summed E-state index contributed by atoms with van der Waals surface area (Å²) in [5.41, 5.74) is 6.70. The molecule has 1 saturated carbocycles. The number of carbonyl (C=O) groups is 1. The Morgan fingerprint density at radius 1 is 1.21 bits per heavy atom. The standard InChI is InChI=1S/C18H27N3OS2/c1-12-7-9-15(10-8-12)24-11-17(22)20-21-18(23)19-16-6-4-5-13(2)14(16)3/h7-10,13-14,16H,4-6,11H2,1-3H3,(H,20,22)(H2,19,21,23)/t13-,14+,16-/m1/s1. The fraction of sp³-hybridized carbons (Fsp3) is 0.556. The first-order valence-electron chi connectivity index (χ1n) is 8.50. The predicted octanol–water partition coefficient (Wildman–Crippen LogP) is 3.41. The van der Waals surface area contributed by atoms with Gasteiger partial charge in [-0.15, -0.1) is 11.8 Å². The molecule has 1 fully saturated rings. The lowest BCUT2D eigenvalue weighted by Gasteiger charge is -2.35. The Hall–Kier alpha value is -1.27. The highest BCUT2D eigenvalue weighted by Gasteiger charge is 2.27. The molecular formula is C18H27N3OS2. The zero-order valence-corrected chi connectivity index (χ0v) is 16.2. The summed E-state index contributed by atoms with van der Waals surface area (Å²) in [6.07, 6.45) is 3.64. The van der Waals surface area contributed by atoms with Crippen molar-refractivity contribution in [3.05, 3.63) is 29.8 Å². The highest BCUT2D eigenvalue weighted by molar-refractivity contribution is 8.00. The van der Waals surface area contributed by atoms with Crippen LogP contribution in [0.4, 0.5) is 0 Å². The number of aryl methyl sites for hydroxylation is 1. The monoisotopic (exact) mass is 365 g/mol. The van der Waals surface area contributed by atoms with E-state index in [-0.39, 0.29) is 5.91 Å². The van der Waals surface area contributed by atoms with Crippen molar-refractivity contribution in [2.24, 2.45) is 11.8 Å². The molecule has 4 nitrogen and oxygen atoms in total. The number of amides is 1. The van der Waals surface area contributed by atoms with Gasteiger partial charge in [-0.05, 0) is 49.5 Å². The molecule has 0 aromatic heterocycles. The lowest BCUT2D eigenvalue weighted by Crippen LogP contribution is -2.52. The highest BCUT2D eigenvalue weighted by atomic mass is 32.2. The van der Waals surface area contributed by atoms with Crippen molar-refractivity contribution in [1.82, 2.24) is 16.2 Å². The van der Waals surface area contributed by atoms with E-state index in [1.54, 1.807) is 0 Å². The van der Waals surface area contributed by atoms with Crippen LogP contribution in [-0.2, 0) is 4.79 Å². The van der Waals surface area contributed by atoms with Gasteiger partial charge < -0.3 is 5.32 Å². The minimum atomic E-state index is -0.0882. The molecule has 1 aliphatic rings. The topological polar surface area (TPSA) is 53.2 Å². The molecule has 132 valence electrons. The van der Waals surface area contributed by atoms with Crippen LogP contribution in [0.15, 0.2) is 29.2 Å². The van der Waals surface area contributed by atoms with Crippen molar-refractivity contribution in [2.45, 2.75) is 51.0 Å². The maximum Gasteiger partial charge on any atom is 0.248 e. The number of rotatable bonds is 4. The van der Waals surface area contributed by atoms with Gasteiger partial charge in [0.25, 0.3) is 0 Å². The van der Waals surface area contributed by atoms with E-state index in [1.165, 1.54) is 30.2 Å². The average molecular weight is 366 g/mol. The Balaban J connectivity index is 1.67. The van der Waals surface area contributed by atoms with Crippen LogP contribution in [0.5, 0.6) is 0 Å². The van der Waals surface area contributed by atoms with E-state index in [0.29, 0.717) is 28.7 Å². The first-order valence-corrected chi connectivity index (χ1v) is 9.90. The summed E-state index contributed by atoms with van der Waals surface area (Å²) in [4.78, 5) is 13.0. The fourth-order valence-electron chi connectivity index (χ4n) is 2.94.